The second kappa shape index (κ2) is 9.21. The van der Waals surface area contributed by atoms with E-state index in [0.717, 1.165) is 17.1 Å². The summed E-state index contributed by atoms with van der Waals surface area (Å²) in [6.45, 7) is 1.23. The fourth-order valence-corrected chi connectivity index (χ4v) is 2.20. The van der Waals surface area contributed by atoms with Gasteiger partial charge in [-0.3, -0.25) is 19.8 Å². The largest absolute Gasteiger partial charge is 0.352 e. The van der Waals surface area contributed by atoms with E-state index in [1.54, 1.807) is 23.9 Å². The molecule has 0 fully saturated rings. The van der Waals surface area contributed by atoms with Gasteiger partial charge in [0.25, 0.3) is 5.69 Å². The normalized spacial score (nSPS) is 10.9. The number of nitrogens with one attached hydrogen (secondary N) is 1. The molecule has 0 saturated carbocycles. The molecule has 0 amide bonds. The number of nitro groups is 1. The lowest BCUT2D eigenvalue weighted by Gasteiger charge is -2.21. The zero-order valence-electron chi connectivity index (χ0n) is 13.8. The minimum absolute atomic E-state index is 0. The van der Waals surface area contributed by atoms with Gasteiger partial charge in [-0.1, -0.05) is 12.1 Å². The number of benzene rings is 1. The molecule has 0 unspecified atom stereocenters. The lowest BCUT2D eigenvalue weighted by molar-refractivity contribution is -0.384. The van der Waals surface area contributed by atoms with Crippen LogP contribution < -0.4 is 5.32 Å². The van der Waals surface area contributed by atoms with Gasteiger partial charge < -0.3 is 10.2 Å². The molecule has 130 valence electrons. The third-order valence-electron chi connectivity index (χ3n) is 3.35. The summed E-state index contributed by atoms with van der Waals surface area (Å²) >= 11 is 0. The first-order chi connectivity index (χ1) is 11.0. The summed E-state index contributed by atoms with van der Waals surface area (Å²) < 4.78 is 1.76. The van der Waals surface area contributed by atoms with E-state index in [1.807, 2.05) is 31.4 Å². The quantitative estimate of drug-likeness (QED) is 0.251. The van der Waals surface area contributed by atoms with Gasteiger partial charge in [-0.25, -0.2) is 0 Å². The average Bonchev–Trinajstić information content (AvgIpc) is 2.93. The zero-order valence-corrected chi connectivity index (χ0v) is 16.2. The number of aliphatic imine (C=N–C) groups is 1. The number of nitrogens with zero attached hydrogens (tertiary/aromatic N) is 5. The van der Waals surface area contributed by atoms with Crippen LogP contribution in [0.4, 0.5) is 5.69 Å². The van der Waals surface area contributed by atoms with Crippen LogP contribution in [-0.2, 0) is 20.1 Å². The van der Waals surface area contributed by atoms with Crippen LogP contribution >= 0.6 is 24.0 Å². The second-order valence-corrected chi connectivity index (χ2v) is 5.20. The van der Waals surface area contributed by atoms with Crippen LogP contribution in [0.2, 0.25) is 0 Å². The van der Waals surface area contributed by atoms with Gasteiger partial charge in [-0.2, -0.15) is 5.10 Å². The van der Waals surface area contributed by atoms with E-state index < -0.39 is 4.92 Å². The van der Waals surface area contributed by atoms with Crippen molar-refractivity contribution in [2.45, 2.75) is 13.1 Å². The highest BCUT2D eigenvalue weighted by molar-refractivity contribution is 14.0. The van der Waals surface area contributed by atoms with Gasteiger partial charge in [0.2, 0.25) is 0 Å². The van der Waals surface area contributed by atoms with E-state index in [0.29, 0.717) is 13.1 Å². The maximum Gasteiger partial charge on any atom is 0.269 e. The highest BCUT2D eigenvalue weighted by Crippen LogP contribution is 2.11. The van der Waals surface area contributed by atoms with Crippen molar-refractivity contribution in [2.75, 3.05) is 14.1 Å². The standard InChI is InChI=1S/C15H20N6O2.HI/c1-16-15(19(2)10-13-9-18-20(3)11-13)17-8-12-4-6-14(7-5-12)21(22)23;/h4-7,9,11H,8,10H2,1-3H3,(H,16,17);1H. The molecule has 1 aromatic heterocycles. The number of guanidine groups is 1. The van der Waals surface area contributed by atoms with Gasteiger partial charge in [0.15, 0.2) is 5.96 Å². The van der Waals surface area contributed by atoms with Gasteiger partial charge in [0, 0.05) is 58.1 Å². The fourth-order valence-electron chi connectivity index (χ4n) is 2.20. The number of hydrogen-bond acceptors (Lipinski definition) is 4. The molecule has 1 heterocycles. The predicted octanol–water partition coefficient (Wildman–Crippen LogP) is 2.15. The Kier molecular flexibility index (Phi) is 7.62. The summed E-state index contributed by atoms with van der Waals surface area (Å²) in [5.41, 5.74) is 2.13. The molecule has 2 aromatic rings. The maximum atomic E-state index is 10.6. The Hall–Kier alpha value is -2.17. The summed E-state index contributed by atoms with van der Waals surface area (Å²) in [4.78, 5) is 16.5. The van der Waals surface area contributed by atoms with E-state index in [-0.39, 0.29) is 29.7 Å². The van der Waals surface area contributed by atoms with E-state index in [9.17, 15) is 10.1 Å². The maximum absolute atomic E-state index is 10.6. The Balaban J connectivity index is 0.00000288. The summed E-state index contributed by atoms with van der Waals surface area (Å²) in [5, 5.41) is 18.0. The topological polar surface area (TPSA) is 88.6 Å². The molecule has 8 nitrogen and oxygen atoms in total. The van der Waals surface area contributed by atoms with E-state index >= 15 is 0 Å². The lowest BCUT2D eigenvalue weighted by atomic mass is 10.2. The molecule has 24 heavy (non-hydrogen) atoms. The number of non-ortho nitro benzene ring substituents is 1. The van der Waals surface area contributed by atoms with E-state index in [1.165, 1.54) is 12.1 Å². The average molecular weight is 444 g/mol. The molecule has 9 heteroatoms. The van der Waals surface area contributed by atoms with Crippen molar-refractivity contribution in [1.82, 2.24) is 20.0 Å². The molecular weight excluding hydrogens is 423 g/mol. The Morgan fingerprint density at radius 1 is 1.38 bits per heavy atom. The van der Waals surface area contributed by atoms with Crippen LogP contribution in [0.3, 0.4) is 0 Å². The summed E-state index contributed by atoms with van der Waals surface area (Å²) in [7, 11) is 5.54. The third-order valence-corrected chi connectivity index (χ3v) is 3.35. The molecule has 1 aromatic carbocycles. The second-order valence-electron chi connectivity index (χ2n) is 5.20. The van der Waals surface area contributed by atoms with Crippen LogP contribution in [0.15, 0.2) is 41.7 Å². The van der Waals surface area contributed by atoms with E-state index in [4.69, 9.17) is 0 Å². The van der Waals surface area contributed by atoms with Gasteiger partial charge in [0.05, 0.1) is 11.1 Å². The summed E-state index contributed by atoms with van der Waals surface area (Å²) in [6, 6.07) is 6.47. The van der Waals surface area contributed by atoms with Crippen molar-refractivity contribution in [3.63, 3.8) is 0 Å². The first-order valence-corrected chi connectivity index (χ1v) is 7.12. The molecule has 1 N–H and O–H groups in total. The van der Waals surface area contributed by atoms with Crippen LogP contribution in [0.25, 0.3) is 0 Å². The number of hydrogen-bond donors (Lipinski definition) is 1. The molecule has 0 bridgehead atoms. The van der Waals surface area contributed by atoms with E-state index in [2.05, 4.69) is 15.4 Å². The number of nitro benzene ring substituents is 1. The smallest absolute Gasteiger partial charge is 0.269 e. The minimum Gasteiger partial charge on any atom is -0.352 e. The van der Waals surface area contributed by atoms with Gasteiger partial charge >= 0.3 is 0 Å². The van der Waals surface area contributed by atoms with Crippen molar-refractivity contribution in [3.8, 4) is 0 Å². The monoisotopic (exact) mass is 444 g/mol. The highest BCUT2D eigenvalue weighted by Gasteiger charge is 2.09. The van der Waals surface area contributed by atoms with Gasteiger partial charge in [-0.15, -0.1) is 24.0 Å². The molecule has 2 rings (SSSR count). The zero-order chi connectivity index (χ0) is 16.8. The molecule has 0 atom stereocenters. The summed E-state index contributed by atoms with van der Waals surface area (Å²) in [5.74, 6) is 0.743. The first kappa shape index (κ1) is 19.9. The third kappa shape index (κ3) is 5.48. The van der Waals surface area contributed by atoms with Gasteiger partial charge in [0.1, 0.15) is 0 Å². The van der Waals surface area contributed by atoms with Crippen molar-refractivity contribution >= 4 is 35.6 Å². The van der Waals surface area contributed by atoms with Crippen LogP contribution in [0.5, 0.6) is 0 Å². The molecule has 0 aliphatic rings. The molecular formula is C15H21IN6O2. The highest BCUT2D eigenvalue weighted by atomic mass is 127. The number of halogens is 1. The Labute approximate surface area is 157 Å². The van der Waals surface area contributed by atoms with Crippen molar-refractivity contribution in [1.29, 1.82) is 0 Å². The molecule has 0 radical (unpaired) electrons. The Morgan fingerprint density at radius 2 is 2.04 bits per heavy atom. The molecule has 0 aliphatic carbocycles. The van der Waals surface area contributed by atoms with Crippen molar-refractivity contribution in [3.05, 3.63) is 57.9 Å². The predicted molar refractivity (Wildman–Crippen MR) is 103 cm³/mol. The fraction of sp³-hybridized carbons (Fsp3) is 0.333. The molecule has 0 spiro atoms. The SMILES string of the molecule is CN=C(NCc1ccc([N+](=O)[O-])cc1)N(C)Cc1cnn(C)c1.I. The van der Waals surface area contributed by atoms with Crippen molar-refractivity contribution in [2.24, 2.45) is 12.0 Å². The van der Waals surface area contributed by atoms with Crippen LogP contribution in [-0.4, -0.2) is 39.7 Å². The van der Waals surface area contributed by atoms with Gasteiger partial charge in [-0.05, 0) is 5.56 Å². The number of rotatable bonds is 5. The van der Waals surface area contributed by atoms with Crippen molar-refractivity contribution < 1.29 is 4.92 Å². The number of aromatic nitrogens is 2. The molecule has 0 aliphatic heterocycles. The molecule has 0 saturated heterocycles. The summed E-state index contributed by atoms with van der Waals surface area (Å²) in [6.07, 6.45) is 3.78. The Morgan fingerprint density at radius 3 is 2.54 bits per heavy atom. The number of aryl methyl sites for hydroxylation is 1. The Bertz CT molecular complexity index is 698. The lowest BCUT2D eigenvalue weighted by Crippen LogP contribution is -2.37. The minimum atomic E-state index is -0.405. The van der Waals surface area contributed by atoms with Crippen LogP contribution in [0.1, 0.15) is 11.1 Å². The first-order valence-electron chi connectivity index (χ1n) is 7.12. The van der Waals surface area contributed by atoms with Crippen LogP contribution in [0, 0.1) is 10.1 Å².